The number of rotatable bonds is 50. The molecule has 38 nitrogen and oxygen atoms in total. The van der Waals surface area contributed by atoms with Gasteiger partial charge in [0, 0.05) is 41.4 Å². The highest BCUT2D eigenvalue weighted by atomic mass is 32.1. The summed E-state index contributed by atoms with van der Waals surface area (Å²) in [5.41, 5.74) is 18.5. The molecule has 14 atom stereocenters. The van der Waals surface area contributed by atoms with Crippen LogP contribution in [0, 0.1) is 11.8 Å². The molecule has 1 aromatic heterocycles. The number of unbranched alkanes of at least 4 members (excludes halogenated alkanes) is 2. The van der Waals surface area contributed by atoms with Gasteiger partial charge in [-0.25, -0.2) is 4.79 Å². The molecule has 0 aliphatic rings. The van der Waals surface area contributed by atoms with Crippen LogP contribution in [0.15, 0.2) is 30.5 Å². The fraction of sp³-hybridized carbons (Fsp3) is 0.635. The number of aliphatic hydroxyl groups is 4. The van der Waals surface area contributed by atoms with Crippen molar-refractivity contribution in [2.45, 2.75) is 184 Å². The molecule has 0 aliphatic carbocycles. The fourth-order valence-electron chi connectivity index (χ4n) is 9.88. The number of amides is 13. The number of nitrogens with two attached hydrogens (primary N) is 3. The van der Waals surface area contributed by atoms with E-state index in [4.69, 9.17) is 17.2 Å². The number of fused-ring (bicyclic) bond motifs is 1. The van der Waals surface area contributed by atoms with E-state index in [-0.39, 0.29) is 68.9 Å². The molecule has 1 heterocycles. The minimum atomic E-state index is -1.94. The first-order valence-corrected chi connectivity index (χ1v) is 34.8. The number of aromatic nitrogens is 1. The molecule has 578 valence electrons. The Bertz CT molecular complexity index is 3190. The second-order valence-electron chi connectivity index (χ2n) is 24.7. The second-order valence-corrected chi connectivity index (χ2v) is 25.5. The van der Waals surface area contributed by atoms with E-state index in [0.29, 0.717) is 24.9 Å². The first kappa shape index (κ1) is 90.3. The first-order chi connectivity index (χ1) is 48.8. The van der Waals surface area contributed by atoms with Crippen molar-refractivity contribution in [3.63, 3.8) is 0 Å². The van der Waals surface area contributed by atoms with Crippen LogP contribution in [0.5, 0.6) is 0 Å². The van der Waals surface area contributed by atoms with Crippen molar-refractivity contribution in [3.8, 4) is 0 Å². The number of carboxylic acids is 2. The Morgan fingerprint density at radius 2 is 0.893 bits per heavy atom. The van der Waals surface area contributed by atoms with Crippen molar-refractivity contribution >= 4 is 125 Å². The van der Waals surface area contributed by atoms with Crippen LogP contribution in [0.4, 0.5) is 0 Å². The van der Waals surface area contributed by atoms with Crippen LogP contribution in [-0.4, -0.2) is 260 Å². The lowest BCUT2D eigenvalue weighted by atomic mass is 9.97. The summed E-state index contributed by atoms with van der Waals surface area (Å²) in [5, 5.41) is 91.3. The highest BCUT2D eigenvalue weighted by Crippen LogP contribution is 2.20. The van der Waals surface area contributed by atoms with Gasteiger partial charge < -0.3 is 122 Å². The van der Waals surface area contributed by atoms with Gasteiger partial charge in [-0.3, -0.25) is 67.1 Å². The highest BCUT2D eigenvalue weighted by Gasteiger charge is 2.38. The third-order valence-corrected chi connectivity index (χ3v) is 16.9. The fourth-order valence-corrected chi connectivity index (χ4v) is 10.3. The number of benzene rings is 1. The maximum absolute atomic E-state index is 14.0. The number of nitrogens with one attached hydrogen (secondary N) is 14. The van der Waals surface area contributed by atoms with Gasteiger partial charge in [-0.05, 0) is 94.8 Å². The number of carbonyl (C=O) groups excluding carboxylic acids is 13. The number of aliphatic hydroxyl groups excluding tert-OH is 4. The summed E-state index contributed by atoms with van der Waals surface area (Å²) >= 11 is 7.97. The summed E-state index contributed by atoms with van der Waals surface area (Å²) in [6, 6.07) is -13.1. The molecule has 0 saturated heterocycles. The van der Waals surface area contributed by atoms with Crippen LogP contribution in [-0.2, 0) is 78.3 Å². The van der Waals surface area contributed by atoms with E-state index < -0.39 is 219 Å². The van der Waals surface area contributed by atoms with Gasteiger partial charge in [0.25, 0.3) is 0 Å². The number of thiol groups is 2. The summed E-state index contributed by atoms with van der Waals surface area (Å²) in [6.45, 7) is 2.85. The van der Waals surface area contributed by atoms with Crippen molar-refractivity contribution < 1.29 is 103 Å². The average molecular weight is 1500 g/mol. The zero-order valence-corrected chi connectivity index (χ0v) is 59.9. The van der Waals surface area contributed by atoms with Crippen LogP contribution in [0.25, 0.3) is 10.9 Å². The number of H-pyrrole nitrogens is 1. The van der Waals surface area contributed by atoms with Gasteiger partial charge in [0.05, 0.1) is 39.0 Å². The minimum absolute atomic E-state index is 0.0243. The first-order valence-electron chi connectivity index (χ1n) is 33.5. The molecular formula is C63H103N17O21S2. The predicted molar refractivity (Wildman–Crippen MR) is 377 cm³/mol. The second kappa shape index (κ2) is 47.5. The van der Waals surface area contributed by atoms with Gasteiger partial charge in [-0.15, -0.1) is 0 Å². The van der Waals surface area contributed by atoms with Crippen molar-refractivity contribution in [1.82, 2.24) is 74.1 Å². The molecule has 0 fully saturated rings. The lowest BCUT2D eigenvalue weighted by molar-refractivity contribution is -0.142. The Morgan fingerprint density at radius 3 is 1.35 bits per heavy atom. The molecule has 13 amide bonds. The molecule has 0 unspecified atom stereocenters. The number of para-hydroxylation sites is 1. The third-order valence-electron chi connectivity index (χ3n) is 16.1. The van der Waals surface area contributed by atoms with Crippen molar-refractivity contribution in [2.75, 3.05) is 57.6 Å². The quantitative estimate of drug-likeness (QED) is 0.0216. The Kier molecular flexibility index (Phi) is 41.6. The maximum Gasteiger partial charge on any atom is 0.327 e. The van der Waals surface area contributed by atoms with E-state index in [1.165, 1.54) is 13.8 Å². The van der Waals surface area contributed by atoms with Gasteiger partial charge in [0.2, 0.25) is 76.8 Å². The van der Waals surface area contributed by atoms with Gasteiger partial charge in [-0.1, -0.05) is 52.3 Å². The predicted octanol–water partition coefficient (Wildman–Crippen LogP) is -7.88. The molecular weight excluding hydrogens is 1390 g/mol. The molecule has 0 radical (unpaired) electrons. The van der Waals surface area contributed by atoms with Crippen molar-refractivity contribution in [1.29, 1.82) is 0 Å². The van der Waals surface area contributed by atoms with E-state index >= 15 is 0 Å². The molecule has 40 heteroatoms. The Balaban J connectivity index is 2.26. The third kappa shape index (κ3) is 31.4. The van der Waals surface area contributed by atoms with E-state index in [1.54, 1.807) is 51.2 Å². The van der Waals surface area contributed by atoms with Gasteiger partial charge in [0.1, 0.15) is 72.5 Å². The highest BCUT2D eigenvalue weighted by molar-refractivity contribution is 7.80. The molecule has 2 rings (SSSR count). The molecule has 0 spiro atoms. The Morgan fingerprint density at radius 1 is 0.476 bits per heavy atom. The van der Waals surface area contributed by atoms with Gasteiger partial charge in [0.15, 0.2) is 0 Å². The SMILES string of the molecule is CC[C@H](C)[C@H](NC(=O)[C@H](CCC(=O)O)NC(=O)[C@H](CO)NC(=O)[C@H](CCCCN)NC(=O)[C@H](CO)NC(=O)[C@H](C)NC(=O)CNC(=O)[C@H](Cc1c[nH]c2ccccc12)NC(=O)[C@H](CCCCN)NC(=O)[C@@H](N)CS)C(=O)N[C@@H](CO)C(=O)N[C@@H](CO)C(=O)N[C@@H](CC(C)C)C(=O)N[C@@H](CS)C(=O)O. The van der Waals surface area contributed by atoms with Gasteiger partial charge in [-0.2, -0.15) is 25.3 Å². The molecule has 0 saturated carbocycles. The number of carbonyl (C=O) groups is 15. The number of hydrogen-bond donors (Lipinski definition) is 25. The van der Waals surface area contributed by atoms with Crippen LogP contribution >= 0.6 is 25.3 Å². The number of aromatic amines is 1. The lowest BCUT2D eigenvalue weighted by Crippen LogP contribution is -2.62. The average Bonchev–Trinajstić information content (AvgIpc) is 1.74. The zero-order chi connectivity index (χ0) is 77.6. The maximum atomic E-state index is 14.0. The van der Waals surface area contributed by atoms with Crippen LogP contribution in [0.2, 0.25) is 0 Å². The van der Waals surface area contributed by atoms with Crippen molar-refractivity contribution in [3.05, 3.63) is 36.0 Å². The van der Waals surface area contributed by atoms with E-state index in [1.807, 2.05) is 0 Å². The lowest BCUT2D eigenvalue weighted by Gasteiger charge is -2.29. The van der Waals surface area contributed by atoms with Gasteiger partial charge >= 0.3 is 11.9 Å². The monoisotopic (exact) mass is 1500 g/mol. The standard InChI is InChI=1S/C63H103N17O21S2/c1-6-32(4)50(62(99)78-46(28-84)61(98)77-45(27-83)60(97)73-41(21-31(2)3)57(94)79-47(30-103)63(100)101)80-56(93)40(17-18-49(86)87)72-59(96)44(26-82)76-55(92)39(16-10-12-20-65)71-58(95)43(25-81)75-51(88)33(5)69-48(85)24-68-53(90)42(22-34-23-67-37-14-8-7-13-35(34)37)74-54(91)38(15-9-11-19-64)70-52(89)36(66)29-102/h7-8,13-14,23,31-33,36,38-47,50,67,81-84,102-103H,6,9-12,15-22,24-30,64-66H2,1-5H3,(H,68,90)(H,69,85)(H,70,89)(H,71,95)(H,72,96)(H,73,97)(H,74,91)(H,75,88)(H,76,92)(H,77,98)(H,78,99)(H,79,94)(H,80,93)(H,86,87)(H,100,101)/t32-,33-,36-,38-,39-,40-,41-,42-,43-,44-,45-,46-,47-,50-/m0/s1. The largest absolute Gasteiger partial charge is 0.481 e. The zero-order valence-electron chi connectivity index (χ0n) is 58.1. The number of carboxylic acid groups (broad SMARTS) is 2. The molecule has 103 heavy (non-hydrogen) atoms. The molecule has 2 aromatic rings. The summed E-state index contributed by atoms with van der Waals surface area (Å²) < 4.78 is 0. The van der Waals surface area contributed by atoms with Crippen LogP contribution in [0.1, 0.15) is 104 Å². The topological polar surface area (TPSA) is 628 Å². The molecule has 0 aliphatic heterocycles. The van der Waals surface area contributed by atoms with E-state index in [9.17, 15) is 103 Å². The summed E-state index contributed by atoms with van der Waals surface area (Å²) in [5.74, 6) is -17.7. The Labute approximate surface area is 605 Å². The molecule has 26 N–H and O–H groups in total. The smallest absolute Gasteiger partial charge is 0.327 e. The van der Waals surface area contributed by atoms with E-state index in [2.05, 4.69) is 99.4 Å². The number of aliphatic carboxylic acids is 2. The molecule has 0 bridgehead atoms. The molecule has 1 aromatic carbocycles. The van der Waals surface area contributed by atoms with Crippen LogP contribution in [0.3, 0.4) is 0 Å². The number of hydrogen-bond acceptors (Lipinski definition) is 24. The van der Waals surface area contributed by atoms with Crippen molar-refractivity contribution in [2.24, 2.45) is 29.0 Å². The summed E-state index contributed by atoms with van der Waals surface area (Å²) in [7, 11) is 0. The summed E-state index contributed by atoms with van der Waals surface area (Å²) in [6.07, 6.45) is 1.53. The summed E-state index contributed by atoms with van der Waals surface area (Å²) in [4.78, 5) is 203. The normalized spacial score (nSPS) is 15.3. The van der Waals surface area contributed by atoms with Crippen LogP contribution < -0.4 is 86.3 Å². The minimum Gasteiger partial charge on any atom is -0.481 e. The Hall–Kier alpha value is -8.77. The van der Waals surface area contributed by atoms with E-state index in [0.717, 1.165) is 10.9 Å².